The fourth-order valence-electron chi connectivity index (χ4n) is 4.84. The minimum Gasteiger partial charge on any atom is -0.370 e. The molecule has 0 radical (unpaired) electrons. The van der Waals surface area contributed by atoms with Crippen LogP contribution in [0.3, 0.4) is 0 Å². The van der Waals surface area contributed by atoms with Crippen molar-refractivity contribution in [3.8, 4) is 17.2 Å². The van der Waals surface area contributed by atoms with E-state index < -0.39 is 0 Å². The number of allylic oxidation sites excluding steroid dienone is 1. The molecular formula is C20H20N4O. The van der Waals surface area contributed by atoms with Crippen molar-refractivity contribution in [3.05, 3.63) is 41.5 Å². The van der Waals surface area contributed by atoms with Crippen LogP contribution >= 0.6 is 0 Å². The highest BCUT2D eigenvalue weighted by atomic mass is 16.5. The minimum atomic E-state index is -0.158. The van der Waals surface area contributed by atoms with Gasteiger partial charge in [-0.25, -0.2) is 0 Å². The number of pyridine rings is 1. The summed E-state index contributed by atoms with van der Waals surface area (Å²) in [5, 5.41) is 14.3. The zero-order valence-corrected chi connectivity index (χ0v) is 14.3. The van der Waals surface area contributed by atoms with E-state index in [4.69, 9.17) is 9.84 Å². The van der Waals surface area contributed by atoms with E-state index in [0.29, 0.717) is 6.42 Å². The van der Waals surface area contributed by atoms with Crippen molar-refractivity contribution in [2.24, 2.45) is 0 Å². The van der Waals surface area contributed by atoms with E-state index in [9.17, 15) is 5.26 Å². The third-order valence-electron chi connectivity index (χ3n) is 6.06. The van der Waals surface area contributed by atoms with Crippen molar-refractivity contribution in [3.63, 3.8) is 0 Å². The lowest BCUT2D eigenvalue weighted by Crippen LogP contribution is -2.30. The number of rotatable bonds is 3. The smallest absolute Gasteiger partial charge is 0.127 e. The molecule has 2 heterocycles. The van der Waals surface area contributed by atoms with Crippen molar-refractivity contribution >= 4 is 5.57 Å². The molecule has 3 aliphatic carbocycles. The number of nitriles is 1. The number of methoxy groups -OCH3 is 1. The van der Waals surface area contributed by atoms with Gasteiger partial charge < -0.3 is 4.74 Å². The van der Waals surface area contributed by atoms with Gasteiger partial charge in [-0.15, -0.1) is 0 Å². The molecule has 2 aromatic rings. The molecule has 1 saturated carbocycles. The Morgan fingerprint density at radius 1 is 1.36 bits per heavy atom. The molecule has 0 spiro atoms. The normalized spacial score (nSPS) is 22.2. The SMILES string of the molecule is COC1C2=CCc3nccc(c32)-c2cn(C3(CC#N)CCCC3)nc21. The predicted octanol–water partition coefficient (Wildman–Crippen LogP) is 3.77. The van der Waals surface area contributed by atoms with Crippen LogP contribution in [0.25, 0.3) is 16.7 Å². The first kappa shape index (κ1) is 14.9. The first-order chi connectivity index (χ1) is 12.3. The maximum absolute atomic E-state index is 9.37. The molecule has 1 unspecified atom stereocenters. The van der Waals surface area contributed by atoms with Gasteiger partial charge in [-0.05, 0) is 30.0 Å². The van der Waals surface area contributed by atoms with Crippen LogP contribution in [-0.2, 0) is 16.7 Å². The molecule has 1 atom stereocenters. The average Bonchev–Trinajstić information content (AvgIpc) is 3.35. The molecule has 0 bridgehead atoms. The van der Waals surface area contributed by atoms with E-state index in [0.717, 1.165) is 49.1 Å². The summed E-state index contributed by atoms with van der Waals surface area (Å²) in [7, 11) is 1.74. The molecule has 126 valence electrons. The summed E-state index contributed by atoms with van der Waals surface area (Å²) < 4.78 is 7.92. The highest BCUT2D eigenvalue weighted by Crippen LogP contribution is 2.50. The standard InChI is InChI=1S/C20H20N4O/c1-25-19-14-4-5-16-17(14)13(6-11-22-16)15-12-24(23-18(15)19)20(9-10-21)7-2-3-8-20/h4,6,11-12,19H,2-3,5,7-9H2,1H3. The fraction of sp³-hybridized carbons (Fsp3) is 0.450. The highest BCUT2D eigenvalue weighted by molar-refractivity contribution is 5.92. The molecule has 2 aromatic heterocycles. The van der Waals surface area contributed by atoms with Gasteiger partial charge in [0.2, 0.25) is 0 Å². The van der Waals surface area contributed by atoms with E-state index in [-0.39, 0.29) is 11.6 Å². The van der Waals surface area contributed by atoms with E-state index in [1.807, 2.05) is 6.20 Å². The molecule has 0 N–H and O–H groups in total. The fourth-order valence-corrected chi connectivity index (χ4v) is 4.84. The Balaban J connectivity index is 1.72. The number of ether oxygens (including phenoxy) is 1. The largest absolute Gasteiger partial charge is 0.370 e. The van der Waals surface area contributed by atoms with Gasteiger partial charge in [0.15, 0.2) is 0 Å². The summed E-state index contributed by atoms with van der Waals surface area (Å²) in [6, 6.07) is 4.47. The lowest BCUT2D eigenvalue weighted by Gasteiger charge is -2.27. The monoisotopic (exact) mass is 332 g/mol. The van der Waals surface area contributed by atoms with Gasteiger partial charge in [0.05, 0.1) is 23.7 Å². The van der Waals surface area contributed by atoms with Crippen molar-refractivity contribution in [2.45, 2.75) is 50.2 Å². The third kappa shape index (κ3) is 1.92. The van der Waals surface area contributed by atoms with Crippen LogP contribution in [0.5, 0.6) is 0 Å². The molecule has 25 heavy (non-hydrogen) atoms. The predicted molar refractivity (Wildman–Crippen MR) is 93.6 cm³/mol. The van der Waals surface area contributed by atoms with Crippen LogP contribution in [0.1, 0.15) is 55.2 Å². The first-order valence-electron chi connectivity index (χ1n) is 8.96. The second kappa shape index (κ2) is 5.27. The molecule has 5 rings (SSSR count). The number of nitrogens with zero attached hydrogens (tertiary/aromatic N) is 4. The molecule has 0 saturated heterocycles. The van der Waals surface area contributed by atoms with E-state index in [1.54, 1.807) is 7.11 Å². The molecule has 0 aliphatic heterocycles. The molecule has 5 nitrogen and oxygen atoms in total. The maximum Gasteiger partial charge on any atom is 0.127 e. The minimum absolute atomic E-state index is 0.144. The second-order valence-corrected chi connectivity index (χ2v) is 7.30. The van der Waals surface area contributed by atoms with Crippen molar-refractivity contribution < 1.29 is 4.74 Å². The van der Waals surface area contributed by atoms with Crippen molar-refractivity contribution in [2.75, 3.05) is 7.11 Å². The van der Waals surface area contributed by atoms with Gasteiger partial charge >= 0.3 is 0 Å². The maximum atomic E-state index is 9.37. The van der Waals surface area contributed by atoms with E-state index in [2.05, 4.69) is 34.1 Å². The van der Waals surface area contributed by atoms with Gasteiger partial charge in [-0.2, -0.15) is 10.4 Å². The van der Waals surface area contributed by atoms with Gasteiger partial charge in [-0.3, -0.25) is 9.67 Å². The topological polar surface area (TPSA) is 63.7 Å². The van der Waals surface area contributed by atoms with Gasteiger partial charge in [0.25, 0.3) is 0 Å². The number of hydrogen-bond donors (Lipinski definition) is 0. The average molecular weight is 332 g/mol. The first-order valence-corrected chi connectivity index (χ1v) is 8.96. The Labute approximate surface area is 146 Å². The summed E-state index contributed by atoms with van der Waals surface area (Å²) in [4.78, 5) is 4.54. The van der Waals surface area contributed by atoms with Crippen LogP contribution in [0.2, 0.25) is 0 Å². The third-order valence-corrected chi connectivity index (χ3v) is 6.06. The summed E-state index contributed by atoms with van der Waals surface area (Å²) >= 11 is 0. The van der Waals surface area contributed by atoms with Crippen LogP contribution < -0.4 is 0 Å². The Morgan fingerprint density at radius 3 is 2.96 bits per heavy atom. The highest BCUT2D eigenvalue weighted by Gasteiger charge is 2.41. The molecule has 5 heteroatoms. The molecule has 3 aliphatic rings. The van der Waals surface area contributed by atoms with Crippen LogP contribution in [0.4, 0.5) is 0 Å². The Bertz CT molecular complexity index is 928. The lowest BCUT2D eigenvalue weighted by molar-refractivity contribution is 0.144. The number of aromatic nitrogens is 3. The second-order valence-electron chi connectivity index (χ2n) is 7.30. The summed E-state index contributed by atoms with van der Waals surface area (Å²) in [5.41, 5.74) is 6.70. The Morgan fingerprint density at radius 2 is 2.20 bits per heavy atom. The quantitative estimate of drug-likeness (QED) is 0.858. The number of hydrogen-bond acceptors (Lipinski definition) is 4. The lowest BCUT2D eigenvalue weighted by atomic mass is 9.86. The van der Waals surface area contributed by atoms with Gasteiger partial charge in [0.1, 0.15) is 11.8 Å². The van der Waals surface area contributed by atoms with Crippen LogP contribution in [-0.4, -0.2) is 21.9 Å². The van der Waals surface area contributed by atoms with Gasteiger partial charge in [0, 0.05) is 37.1 Å². The Kier molecular flexibility index (Phi) is 3.13. The zero-order valence-electron chi connectivity index (χ0n) is 14.3. The van der Waals surface area contributed by atoms with Crippen LogP contribution in [0.15, 0.2) is 24.5 Å². The van der Waals surface area contributed by atoms with Crippen molar-refractivity contribution in [1.82, 2.24) is 14.8 Å². The van der Waals surface area contributed by atoms with Crippen molar-refractivity contribution in [1.29, 1.82) is 5.26 Å². The van der Waals surface area contributed by atoms with E-state index in [1.165, 1.54) is 16.7 Å². The zero-order chi connectivity index (χ0) is 17.0. The van der Waals surface area contributed by atoms with Crippen LogP contribution in [0, 0.1) is 11.3 Å². The van der Waals surface area contributed by atoms with E-state index >= 15 is 0 Å². The molecule has 1 fully saturated rings. The summed E-state index contributed by atoms with van der Waals surface area (Å²) in [6.07, 6.45) is 11.9. The molecular weight excluding hydrogens is 312 g/mol. The summed E-state index contributed by atoms with van der Waals surface area (Å²) in [5.74, 6) is 0. The summed E-state index contributed by atoms with van der Waals surface area (Å²) in [6.45, 7) is 0. The van der Waals surface area contributed by atoms with Gasteiger partial charge in [-0.1, -0.05) is 18.9 Å². The molecule has 0 aromatic carbocycles. The molecule has 0 amide bonds. The Hall–Kier alpha value is -2.45. The number of fused-ring (bicyclic) bond motifs is 2.